The number of para-hydroxylation sites is 2. The van der Waals surface area contributed by atoms with Gasteiger partial charge in [-0.25, -0.2) is 13.6 Å². The average molecular weight is 455 g/mol. The Morgan fingerprint density at radius 2 is 1.80 bits per heavy atom. The summed E-state index contributed by atoms with van der Waals surface area (Å²) in [5.41, 5.74) is 0.869. The van der Waals surface area contributed by atoms with Crippen LogP contribution in [0.25, 0.3) is 0 Å². The quantitative estimate of drug-likeness (QED) is 0.449. The summed E-state index contributed by atoms with van der Waals surface area (Å²) in [4.78, 5) is 0.00117. The van der Waals surface area contributed by atoms with Gasteiger partial charge in [-0.05, 0) is 49.4 Å². The van der Waals surface area contributed by atoms with Gasteiger partial charge in [-0.1, -0.05) is 18.2 Å². The lowest BCUT2D eigenvalue weighted by Gasteiger charge is -2.19. The molecule has 7 nitrogen and oxygen atoms in total. The van der Waals surface area contributed by atoms with E-state index in [2.05, 4.69) is 5.32 Å². The number of methoxy groups -OCH3 is 1. The second-order valence-corrected chi connectivity index (χ2v) is 9.01. The van der Waals surface area contributed by atoms with Crippen molar-refractivity contribution in [1.82, 2.24) is 5.32 Å². The number of rotatable bonds is 13. The highest BCUT2D eigenvalue weighted by atomic mass is 32.2. The Kier molecular flexibility index (Phi) is 9.77. The summed E-state index contributed by atoms with van der Waals surface area (Å²) in [6.45, 7) is 3.65. The first-order valence-corrected chi connectivity index (χ1v) is 12.6. The number of primary sulfonamides is 1. The van der Waals surface area contributed by atoms with E-state index in [9.17, 15) is 8.42 Å². The summed E-state index contributed by atoms with van der Waals surface area (Å²) in [7, 11) is -2.44. The van der Waals surface area contributed by atoms with Crippen LogP contribution in [0.15, 0.2) is 47.4 Å². The van der Waals surface area contributed by atoms with E-state index in [4.69, 9.17) is 19.3 Å². The molecule has 0 bridgehead atoms. The predicted octanol–water partition coefficient (Wildman–Crippen LogP) is 2.68. The summed E-state index contributed by atoms with van der Waals surface area (Å²) < 4.78 is 40.2. The van der Waals surface area contributed by atoms with Gasteiger partial charge < -0.3 is 19.5 Å². The molecule has 0 amide bonds. The van der Waals surface area contributed by atoms with E-state index >= 15 is 0 Å². The van der Waals surface area contributed by atoms with Gasteiger partial charge in [-0.2, -0.15) is 11.8 Å². The lowest BCUT2D eigenvalue weighted by atomic mass is 10.1. The van der Waals surface area contributed by atoms with Crippen molar-refractivity contribution in [2.24, 2.45) is 5.14 Å². The number of nitrogens with one attached hydrogen (secondary N) is 1. The molecule has 0 saturated carbocycles. The van der Waals surface area contributed by atoms with Crippen LogP contribution in [0.5, 0.6) is 17.2 Å². The second-order valence-electron chi connectivity index (χ2n) is 6.57. The van der Waals surface area contributed by atoms with Crippen LogP contribution in [0.1, 0.15) is 12.5 Å². The van der Waals surface area contributed by atoms with Crippen molar-refractivity contribution in [3.05, 3.63) is 48.0 Å². The molecular weight excluding hydrogens is 424 g/mol. The molecule has 3 N–H and O–H groups in total. The number of hydrogen-bond acceptors (Lipinski definition) is 7. The van der Waals surface area contributed by atoms with Crippen LogP contribution in [0, 0.1) is 0 Å². The van der Waals surface area contributed by atoms with Crippen molar-refractivity contribution in [2.75, 3.05) is 38.9 Å². The van der Waals surface area contributed by atoms with Crippen molar-refractivity contribution in [2.45, 2.75) is 24.3 Å². The second kappa shape index (κ2) is 12.0. The monoisotopic (exact) mass is 454 g/mol. The van der Waals surface area contributed by atoms with Gasteiger partial charge >= 0.3 is 0 Å². The zero-order chi connectivity index (χ0) is 22.0. The highest BCUT2D eigenvalue weighted by molar-refractivity contribution is 7.98. The van der Waals surface area contributed by atoms with Crippen molar-refractivity contribution in [3.8, 4) is 17.2 Å². The van der Waals surface area contributed by atoms with Crippen molar-refractivity contribution >= 4 is 21.8 Å². The van der Waals surface area contributed by atoms with E-state index in [-0.39, 0.29) is 16.7 Å². The van der Waals surface area contributed by atoms with Gasteiger partial charge in [0.05, 0.1) is 13.7 Å². The fourth-order valence-corrected chi connectivity index (χ4v) is 4.40. The van der Waals surface area contributed by atoms with Crippen LogP contribution in [0.2, 0.25) is 0 Å². The minimum Gasteiger partial charge on any atom is -0.495 e. The van der Waals surface area contributed by atoms with Crippen molar-refractivity contribution < 1.29 is 22.6 Å². The van der Waals surface area contributed by atoms with E-state index in [1.54, 1.807) is 23.9 Å². The maximum absolute atomic E-state index is 11.8. The Morgan fingerprint density at radius 3 is 2.40 bits per heavy atom. The first-order chi connectivity index (χ1) is 14.4. The Balaban J connectivity index is 1.97. The third kappa shape index (κ3) is 7.39. The van der Waals surface area contributed by atoms with Crippen LogP contribution >= 0.6 is 11.8 Å². The van der Waals surface area contributed by atoms with E-state index in [0.717, 1.165) is 22.8 Å². The highest BCUT2D eigenvalue weighted by Gasteiger charge is 2.17. The molecule has 2 rings (SSSR count). The largest absolute Gasteiger partial charge is 0.495 e. The van der Waals surface area contributed by atoms with E-state index in [1.165, 1.54) is 7.11 Å². The molecule has 0 aliphatic heterocycles. The number of benzene rings is 2. The molecule has 2 aromatic rings. The van der Waals surface area contributed by atoms with Gasteiger partial charge in [0, 0.05) is 18.3 Å². The lowest BCUT2D eigenvalue weighted by Crippen LogP contribution is -2.36. The van der Waals surface area contributed by atoms with Crippen molar-refractivity contribution in [1.29, 1.82) is 0 Å². The highest BCUT2D eigenvalue weighted by Crippen LogP contribution is 2.26. The molecule has 1 atom stereocenters. The van der Waals surface area contributed by atoms with Gasteiger partial charge in [-0.3, -0.25) is 0 Å². The Labute approximate surface area is 183 Å². The Morgan fingerprint density at radius 1 is 1.10 bits per heavy atom. The molecule has 2 aromatic carbocycles. The zero-order valence-electron chi connectivity index (χ0n) is 17.6. The maximum Gasteiger partial charge on any atom is 0.241 e. The summed E-state index contributed by atoms with van der Waals surface area (Å²) in [6, 6.07) is 12.8. The van der Waals surface area contributed by atoms with Crippen LogP contribution in [0.4, 0.5) is 0 Å². The van der Waals surface area contributed by atoms with Gasteiger partial charge in [0.2, 0.25) is 10.0 Å². The number of thioether (sulfide) groups is 1. The Bertz CT molecular complexity index is 906. The molecule has 0 fully saturated rings. The van der Waals surface area contributed by atoms with Gasteiger partial charge in [0.1, 0.15) is 17.3 Å². The molecule has 9 heteroatoms. The van der Waals surface area contributed by atoms with E-state index < -0.39 is 10.0 Å². The van der Waals surface area contributed by atoms with Crippen LogP contribution in [-0.2, 0) is 16.4 Å². The van der Waals surface area contributed by atoms with E-state index in [1.807, 2.05) is 43.5 Å². The number of hydrogen-bond donors (Lipinski definition) is 2. The molecule has 0 unspecified atom stereocenters. The molecule has 0 spiro atoms. The summed E-state index contributed by atoms with van der Waals surface area (Å²) in [6.07, 6.45) is 2.69. The summed E-state index contributed by atoms with van der Waals surface area (Å²) >= 11 is 1.72. The molecule has 166 valence electrons. The average Bonchev–Trinajstić information content (AvgIpc) is 2.72. The van der Waals surface area contributed by atoms with Gasteiger partial charge in [0.15, 0.2) is 11.5 Å². The zero-order valence-corrected chi connectivity index (χ0v) is 19.2. The van der Waals surface area contributed by atoms with Crippen LogP contribution in [-0.4, -0.2) is 53.3 Å². The number of nitrogens with two attached hydrogens (primary N) is 1. The topological polar surface area (TPSA) is 99.9 Å². The fourth-order valence-electron chi connectivity index (χ4n) is 3.01. The van der Waals surface area contributed by atoms with Gasteiger partial charge in [-0.15, -0.1) is 0 Å². The van der Waals surface area contributed by atoms with Crippen LogP contribution in [0.3, 0.4) is 0 Å². The van der Waals surface area contributed by atoms with E-state index in [0.29, 0.717) is 26.2 Å². The molecule has 30 heavy (non-hydrogen) atoms. The number of sulfonamides is 1. The smallest absolute Gasteiger partial charge is 0.241 e. The first kappa shape index (κ1) is 24.3. The summed E-state index contributed by atoms with van der Waals surface area (Å²) in [5, 5.41) is 8.80. The van der Waals surface area contributed by atoms with Crippen molar-refractivity contribution in [3.63, 3.8) is 0 Å². The summed E-state index contributed by atoms with van der Waals surface area (Å²) in [5.74, 6) is 2.56. The minimum absolute atomic E-state index is 0.00117. The molecule has 0 heterocycles. The molecule has 0 radical (unpaired) electrons. The predicted molar refractivity (Wildman–Crippen MR) is 121 cm³/mol. The first-order valence-electron chi connectivity index (χ1n) is 9.65. The SMILES string of the molecule is CCOc1ccccc1OCCN[C@H](CSC)Cc1ccc(OC)c(S(N)(=O)=O)c1. The molecule has 0 saturated heterocycles. The van der Waals surface area contributed by atoms with Gasteiger partial charge in [0.25, 0.3) is 0 Å². The molecular formula is C21H30N2O5S2. The molecule has 0 aromatic heterocycles. The number of ether oxygens (including phenoxy) is 3. The maximum atomic E-state index is 11.8. The Hall–Kier alpha value is -1.94. The standard InChI is InChI=1S/C21H30N2O5S2/c1-4-27-18-7-5-6-8-19(18)28-12-11-23-17(15-29-3)13-16-9-10-20(26-2)21(14-16)30(22,24)25/h5-10,14,17,23H,4,11-13,15H2,1-3H3,(H2,22,24,25)/t17-/m0/s1. The fraction of sp³-hybridized carbons (Fsp3) is 0.429. The van der Waals surface area contributed by atoms with Crippen LogP contribution < -0.4 is 24.7 Å². The third-order valence-electron chi connectivity index (χ3n) is 4.33. The normalized spacial score (nSPS) is 12.4. The molecule has 0 aliphatic carbocycles. The molecule has 0 aliphatic rings. The lowest BCUT2D eigenvalue weighted by molar-refractivity contribution is 0.272. The third-order valence-corrected chi connectivity index (χ3v) is 5.99. The minimum atomic E-state index is -3.86.